The molecule has 0 aliphatic rings. The summed E-state index contributed by atoms with van der Waals surface area (Å²) in [5.74, 6) is -1.42. The maximum atomic E-state index is 13.1. The Morgan fingerprint density at radius 2 is 1.86 bits per heavy atom. The Hall–Kier alpha value is -3.75. The third kappa shape index (κ3) is 5.50. The van der Waals surface area contributed by atoms with Gasteiger partial charge in [-0.3, -0.25) is 9.55 Å². The SMILES string of the molecule is COC(=O)c1nc(Cn2nc(-c3ccc(Cl)cc3)n(CC(O)C(F)(F)F)c2=O)nn1-c1cnccc1Cl. The predicted molar refractivity (Wildman–Crippen MR) is 124 cm³/mol. The molecule has 3 heterocycles. The molecular weight excluding hydrogens is 542 g/mol. The molecule has 1 unspecified atom stereocenters. The Morgan fingerprint density at radius 3 is 2.49 bits per heavy atom. The molecule has 37 heavy (non-hydrogen) atoms. The third-order valence-corrected chi connectivity index (χ3v) is 5.62. The van der Waals surface area contributed by atoms with Crippen LogP contribution in [0.25, 0.3) is 17.1 Å². The van der Waals surface area contributed by atoms with Crippen molar-refractivity contribution in [3.05, 3.63) is 74.9 Å². The lowest BCUT2D eigenvalue weighted by atomic mass is 10.2. The minimum absolute atomic E-state index is 0.105. The van der Waals surface area contributed by atoms with Gasteiger partial charge in [-0.2, -0.15) is 13.2 Å². The third-order valence-electron chi connectivity index (χ3n) is 5.05. The number of aromatic nitrogens is 7. The van der Waals surface area contributed by atoms with Crippen LogP contribution in [0.1, 0.15) is 16.4 Å². The summed E-state index contributed by atoms with van der Waals surface area (Å²) in [6, 6.07) is 7.30. The summed E-state index contributed by atoms with van der Waals surface area (Å²) in [6.45, 7) is -1.55. The van der Waals surface area contributed by atoms with E-state index in [-0.39, 0.29) is 33.7 Å². The molecule has 0 saturated carbocycles. The van der Waals surface area contributed by atoms with Gasteiger partial charge in [0.05, 0.1) is 24.9 Å². The van der Waals surface area contributed by atoms with Crippen molar-refractivity contribution in [1.29, 1.82) is 0 Å². The fraction of sp³-hybridized carbons (Fsp3) is 0.238. The quantitative estimate of drug-likeness (QED) is 0.343. The van der Waals surface area contributed by atoms with E-state index in [1.54, 1.807) is 0 Å². The Balaban J connectivity index is 1.79. The summed E-state index contributed by atoms with van der Waals surface area (Å²) in [7, 11) is 1.13. The monoisotopic (exact) mass is 557 g/mol. The molecule has 0 aliphatic carbocycles. The number of hydrogen-bond donors (Lipinski definition) is 1. The van der Waals surface area contributed by atoms with Gasteiger partial charge in [-0.05, 0) is 30.3 Å². The summed E-state index contributed by atoms with van der Waals surface area (Å²) < 4.78 is 46.5. The minimum atomic E-state index is -4.97. The summed E-state index contributed by atoms with van der Waals surface area (Å²) >= 11 is 12.1. The van der Waals surface area contributed by atoms with E-state index in [0.29, 0.717) is 9.59 Å². The van der Waals surface area contributed by atoms with Gasteiger partial charge in [0.15, 0.2) is 17.8 Å². The first-order chi connectivity index (χ1) is 17.5. The predicted octanol–water partition coefficient (Wildman–Crippen LogP) is 2.75. The lowest BCUT2D eigenvalue weighted by Gasteiger charge is -2.15. The van der Waals surface area contributed by atoms with Gasteiger partial charge in [0.25, 0.3) is 0 Å². The molecule has 0 bridgehead atoms. The molecule has 194 valence electrons. The highest BCUT2D eigenvalue weighted by atomic mass is 35.5. The molecule has 0 saturated heterocycles. The number of methoxy groups -OCH3 is 1. The molecule has 16 heteroatoms. The van der Waals surface area contributed by atoms with Crippen molar-refractivity contribution in [2.24, 2.45) is 0 Å². The zero-order valence-corrected chi connectivity index (χ0v) is 20.2. The fourth-order valence-electron chi connectivity index (χ4n) is 3.27. The molecule has 0 amide bonds. The summed E-state index contributed by atoms with van der Waals surface area (Å²) in [6.07, 6.45) is -5.06. The van der Waals surface area contributed by atoms with Gasteiger partial charge in [-0.25, -0.2) is 23.9 Å². The van der Waals surface area contributed by atoms with Crippen LogP contribution < -0.4 is 5.69 Å². The van der Waals surface area contributed by atoms with Crippen LogP contribution in [0.4, 0.5) is 13.2 Å². The number of alkyl halides is 3. The van der Waals surface area contributed by atoms with E-state index in [9.17, 15) is 27.9 Å². The summed E-state index contributed by atoms with van der Waals surface area (Å²) in [5, 5.41) is 18.5. The van der Waals surface area contributed by atoms with Gasteiger partial charge in [0, 0.05) is 16.8 Å². The summed E-state index contributed by atoms with van der Waals surface area (Å²) in [4.78, 5) is 33.4. The zero-order chi connectivity index (χ0) is 26.9. The molecule has 3 aromatic heterocycles. The number of hydrogen-bond acceptors (Lipinski definition) is 8. The molecule has 0 spiro atoms. The smallest absolute Gasteiger partial charge is 0.416 e. The second-order valence-corrected chi connectivity index (χ2v) is 8.36. The molecule has 0 aliphatic heterocycles. The van der Waals surface area contributed by atoms with Crippen molar-refractivity contribution in [3.8, 4) is 17.1 Å². The normalized spacial score (nSPS) is 12.5. The molecule has 1 aromatic carbocycles. The maximum Gasteiger partial charge on any atom is 0.416 e. The van der Waals surface area contributed by atoms with Gasteiger partial charge >= 0.3 is 17.8 Å². The number of carbonyl (C=O) groups is 1. The van der Waals surface area contributed by atoms with Gasteiger partial charge in [-0.15, -0.1) is 10.2 Å². The number of aliphatic hydroxyl groups is 1. The van der Waals surface area contributed by atoms with Crippen LogP contribution >= 0.6 is 23.2 Å². The zero-order valence-electron chi connectivity index (χ0n) is 18.7. The second-order valence-electron chi connectivity index (χ2n) is 7.52. The molecule has 11 nitrogen and oxygen atoms in total. The van der Waals surface area contributed by atoms with E-state index in [2.05, 4.69) is 20.2 Å². The molecular formula is C21H16Cl2F3N7O4. The van der Waals surface area contributed by atoms with E-state index in [4.69, 9.17) is 27.9 Å². The second kappa shape index (κ2) is 10.3. The van der Waals surface area contributed by atoms with E-state index < -0.39 is 37.0 Å². The van der Waals surface area contributed by atoms with Crippen LogP contribution in [-0.2, 0) is 17.8 Å². The lowest BCUT2D eigenvalue weighted by molar-refractivity contribution is -0.207. The average molecular weight is 558 g/mol. The van der Waals surface area contributed by atoms with Crippen LogP contribution in [0.2, 0.25) is 10.0 Å². The van der Waals surface area contributed by atoms with E-state index in [1.807, 2.05) is 0 Å². The van der Waals surface area contributed by atoms with Crippen molar-refractivity contribution in [3.63, 3.8) is 0 Å². The number of halogens is 5. The highest BCUT2D eigenvalue weighted by Gasteiger charge is 2.39. The van der Waals surface area contributed by atoms with Gasteiger partial charge < -0.3 is 9.84 Å². The number of nitrogens with zero attached hydrogens (tertiary/aromatic N) is 7. The standard InChI is InChI=1S/C21H16Cl2F3N7O4/c1-37-19(35)18-28-16(29-33(18)14-8-27-7-6-13(14)23)10-32-20(36)31(9-15(34)21(24,25)26)17(30-32)11-2-4-12(22)5-3-11/h2-8,15,34H,9-10H2,1H3. The van der Waals surface area contributed by atoms with Crippen LogP contribution in [0.3, 0.4) is 0 Å². The first-order valence-electron chi connectivity index (χ1n) is 10.3. The van der Waals surface area contributed by atoms with Crippen molar-refractivity contribution in [2.75, 3.05) is 7.11 Å². The Bertz CT molecular complexity index is 1500. The van der Waals surface area contributed by atoms with E-state index >= 15 is 0 Å². The lowest BCUT2D eigenvalue weighted by Crippen LogP contribution is -2.37. The number of esters is 1. The highest BCUT2D eigenvalue weighted by molar-refractivity contribution is 6.32. The number of benzene rings is 1. The largest absolute Gasteiger partial charge is 0.463 e. The average Bonchev–Trinajstić information content (AvgIpc) is 3.40. The molecule has 4 aromatic rings. The van der Waals surface area contributed by atoms with Gasteiger partial charge in [0.1, 0.15) is 12.2 Å². The van der Waals surface area contributed by atoms with Crippen LogP contribution in [0, 0.1) is 0 Å². The Morgan fingerprint density at radius 1 is 1.16 bits per heavy atom. The van der Waals surface area contributed by atoms with E-state index in [1.165, 1.54) is 42.7 Å². The first-order valence-corrected chi connectivity index (χ1v) is 11.1. The first kappa shape index (κ1) is 26.3. The maximum absolute atomic E-state index is 13.1. The number of pyridine rings is 1. The molecule has 1 N–H and O–H groups in total. The Kier molecular flexibility index (Phi) is 7.34. The number of carbonyl (C=O) groups excluding carboxylic acids is 1. The van der Waals surface area contributed by atoms with Gasteiger partial charge in [0.2, 0.25) is 5.82 Å². The summed E-state index contributed by atoms with van der Waals surface area (Å²) in [5.41, 5.74) is -0.523. The van der Waals surface area contributed by atoms with Crippen LogP contribution in [0.15, 0.2) is 47.5 Å². The van der Waals surface area contributed by atoms with E-state index in [0.717, 1.165) is 16.5 Å². The van der Waals surface area contributed by atoms with Crippen molar-refractivity contribution < 1.29 is 27.8 Å². The van der Waals surface area contributed by atoms with Crippen molar-refractivity contribution >= 4 is 29.2 Å². The highest BCUT2D eigenvalue weighted by Crippen LogP contribution is 2.24. The van der Waals surface area contributed by atoms with Crippen molar-refractivity contribution in [1.82, 2.24) is 34.1 Å². The minimum Gasteiger partial charge on any atom is -0.463 e. The number of ether oxygens (including phenoxy) is 1. The van der Waals surface area contributed by atoms with Crippen molar-refractivity contribution in [2.45, 2.75) is 25.4 Å². The Labute approximate surface area is 215 Å². The molecule has 0 radical (unpaired) electrons. The van der Waals surface area contributed by atoms with Gasteiger partial charge in [-0.1, -0.05) is 23.2 Å². The molecule has 4 rings (SSSR count). The van der Waals surface area contributed by atoms with Crippen LogP contribution in [-0.4, -0.2) is 64.6 Å². The molecule has 1 atom stereocenters. The van der Waals surface area contributed by atoms with Crippen LogP contribution in [0.5, 0.6) is 0 Å². The molecule has 0 fully saturated rings. The fourth-order valence-corrected chi connectivity index (χ4v) is 3.58. The number of aliphatic hydroxyl groups excluding tert-OH is 1. The topological polar surface area (TPSA) is 130 Å². The number of rotatable bonds is 7.